The lowest BCUT2D eigenvalue weighted by molar-refractivity contribution is -0.324. The van der Waals surface area contributed by atoms with Gasteiger partial charge in [-0.1, -0.05) is 26.3 Å². The Morgan fingerprint density at radius 2 is 1.66 bits per heavy atom. The molecule has 6 nitrogen and oxygen atoms in total. The van der Waals surface area contributed by atoms with Crippen LogP contribution in [0.25, 0.3) is 5.57 Å². The first-order valence-electron chi connectivity index (χ1n) is 15.7. The summed E-state index contributed by atoms with van der Waals surface area (Å²) in [6, 6.07) is 6.09. The second kappa shape index (κ2) is 12.4. The summed E-state index contributed by atoms with van der Waals surface area (Å²) in [6.07, 6.45) is -7.24. The number of carbonyl (C=O) groups excluding carboxylic acids is 2. The Kier molecular flexibility index (Phi) is 9.13. The Hall–Kier alpha value is -3.70. The van der Waals surface area contributed by atoms with Gasteiger partial charge < -0.3 is 19.4 Å². The van der Waals surface area contributed by atoms with Crippen molar-refractivity contribution in [2.45, 2.75) is 96.6 Å². The number of aryl methyl sites for hydroxylation is 1. The van der Waals surface area contributed by atoms with E-state index in [1.54, 1.807) is 14.0 Å². The van der Waals surface area contributed by atoms with Crippen LogP contribution in [-0.2, 0) is 28.3 Å². The van der Waals surface area contributed by atoms with Gasteiger partial charge in [0.05, 0.1) is 24.3 Å². The fourth-order valence-corrected chi connectivity index (χ4v) is 7.09. The van der Waals surface area contributed by atoms with Crippen molar-refractivity contribution in [1.82, 2.24) is 4.90 Å². The van der Waals surface area contributed by atoms with Gasteiger partial charge in [-0.3, -0.25) is 4.90 Å². The van der Waals surface area contributed by atoms with Gasteiger partial charge in [0.2, 0.25) is 0 Å². The Labute approximate surface area is 269 Å². The highest BCUT2D eigenvalue weighted by molar-refractivity contribution is 5.77. The molecule has 5 rings (SSSR count). The molecule has 2 aliphatic carbocycles. The second-order valence-electron chi connectivity index (χ2n) is 13.9. The molecule has 3 aliphatic rings. The minimum atomic E-state index is -5.04. The van der Waals surface area contributed by atoms with Gasteiger partial charge in [-0.25, -0.2) is 4.79 Å². The zero-order valence-corrected chi connectivity index (χ0v) is 26.7. The van der Waals surface area contributed by atoms with Crippen molar-refractivity contribution in [2.75, 3.05) is 13.7 Å². The molecule has 256 valence electrons. The molecule has 2 aromatic rings. The number of halogens is 6. The fraction of sp³-hybridized carbons (Fsp3) is 0.543. The maximum Gasteiger partial charge on any atom is 0.416 e. The van der Waals surface area contributed by atoms with Gasteiger partial charge in [0, 0.05) is 23.5 Å². The molecule has 1 saturated heterocycles. The molecule has 0 N–H and O–H groups in total. The summed E-state index contributed by atoms with van der Waals surface area (Å²) >= 11 is 0. The molecule has 0 spiro atoms. The molecule has 12 heteroatoms. The molecule has 1 aliphatic heterocycles. The van der Waals surface area contributed by atoms with Crippen molar-refractivity contribution >= 4 is 17.6 Å². The molecule has 0 bridgehead atoms. The largest absolute Gasteiger partial charge is 0.550 e. The number of amides is 1. The third-order valence-corrected chi connectivity index (χ3v) is 10.1. The SMILES string of the molecule is COc1ccc(CCC2(C(=O)[O-])CCC2)cc1C1=C(CN2C(=O)O[C@H](c3cc(C(F)(F)F)cc(C(F)(F)F)c3)[C@@H]2C)CC(C)(C)CC1. The van der Waals surface area contributed by atoms with E-state index in [9.17, 15) is 41.0 Å². The first kappa shape index (κ1) is 34.6. The topological polar surface area (TPSA) is 78.9 Å². The minimum Gasteiger partial charge on any atom is -0.550 e. The monoisotopic (exact) mass is 666 g/mol. The lowest BCUT2D eigenvalue weighted by Crippen LogP contribution is -2.47. The van der Waals surface area contributed by atoms with Crippen LogP contribution in [0.5, 0.6) is 5.75 Å². The summed E-state index contributed by atoms with van der Waals surface area (Å²) in [5.74, 6) is -0.431. The molecule has 2 fully saturated rings. The van der Waals surface area contributed by atoms with Gasteiger partial charge in [0.1, 0.15) is 11.9 Å². The quantitative estimate of drug-likeness (QED) is 0.253. The van der Waals surface area contributed by atoms with Crippen molar-refractivity contribution in [3.63, 3.8) is 0 Å². The first-order chi connectivity index (χ1) is 21.8. The van der Waals surface area contributed by atoms with E-state index in [1.807, 2.05) is 18.2 Å². The average molecular weight is 667 g/mol. The third kappa shape index (κ3) is 7.11. The summed E-state index contributed by atoms with van der Waals surface area (Å²) in [7, 11) is 1.54. The number of methoxy groups -OCH3 is 1. The van der Waals surface area contributed by atoms with E-state index in [4.69, 9.17) is 9.47 Å². The van der Waals surface area contributed by atoms with E-state index in [1.165, 1.54) is 4.90 Å². The van der Waals surface area contributed by atoms with Crippen molar-refractivity contribution < 1.29 is 50.5 Å². The molecule has 47 heavy (non-hydrogen) atoms. The molecule has 0 unspecified atom stereocenters. The maximum absolute atomic E-state index is 13.6. The van der Waals surface area contributed by atoms with Crippen LogP contribution in [0, 0.1) is 10.8 Å². The Bertz CT molecular complexity index is 1540. The van der Waals surface area contributed by atoms with Crippen LogP contribution in [0.3, 0.4) is 0 Å². The number of benzene rings is 2. The van der Waals surface area contributed by atoms with Gasteiger partial charge in [0.15, 0.2) is 0 Å². The highest BCUT2D eigenvalue weighted by atomic mass is 19.4. The molecular weight excluding hydrogens is 628 g/mol. The van der Waals surface area contributed by atoms with Crippen LogP contribution in [-0.4, -0.2) is 36.7 Å². The summed E-state index contributed by atoms with van der Waals surface area (Å²) in [5, 5.41) is 11.8. The Morgan fingerprint density at radius 1 is 1.02 bits per heavy atom. The number of carboxylic acid groups (broad SMARTS) is 1. The van der Waals surface area contributed by atoms with Gasteiger partial charge in [0.25, 0.3) is 0 Å². The van der Waals surface area contributed by atoms with Gasteiger partial charge in [-0.2, -0.15) is 26.3 Å². The molecule has 1 heterocycles. The predicted octanol–water partition coefficient (Wildman–Crippen LogP) is 8.13. The van der Waals surface area contributed by atoms with E-state index in [0.29, 0.717) is 56.4 Å². The number of aliphatic carboxylic acids is 1. The summed E-state index contributed by atoms with van der Waals surface area (Å²) in [5.41, 5.74) is -0.763. The maximum atomic E-state index is 13.6. The van der Waals surface area contributed by atoms with Gasteiger partial charge >= 0.3 is 18.4 Å². The highest BCUT2D eigenvalue weighted by Crippen LogP contribution is 2.48. The molecule has 0 aromatic heterocycles. The summed E-state index contributed by atoms with van der Waals surface area (Å²) < 4.78 is 92.7. The standard InChI is InChI=1S/C35H39F6NO5/c1-20-29(22-15-24(34(36,37)38)17-25(16-22)35(39,40)41)47-31(45)42(20)19-23-18-32(2,3)12-9-26(23)27-14-21(6-7-28(27)46-4)8-13-33(30(43)44)10-5-11-33/h6-7,14-17,20,29H,5,8-13,18-19H2,1-4H3,(H,43,44)/p-1/t20-,29-/m0/s1. The lowest BCUT2D eigenvalue weighted by Gasteiger charge is -2.43. The highest BCUT2D eigenvalue weighted by Gasteiger charge is 2.44. The lowest BCUT2D eigenvalue weighted by atomic mass is 9.65. The average Bonchev–Trinajstić information content (AvgIpc) is 3.23. The number of hydrogen-bond donors (Lipinski definition) is 0. The summed E-state index contributed by atoms with van der Waals surface area (Å²) in [6.45, 7) is 5.78. The van der Waals surface area contributed by atoms with Crippen LogP contribution in [0.1, 0.15) is 99.6 Å². The van der Waals surface area contributed by atoms with Gasteiger partial charge in [-0.15, -0.1) is 0 Å². The number of hydrogen-bond acceptors (Lipinski definition) is 5. The van der Waals surface area contributed by atoms with E-state index >= 15 is 0 Å². The third-order valence-electron chi connectivity index (χ3n) is 10.1. The number of carboxylic acids is 1. The minimum absolute atomic E-state index is 0.0516. The number of cyclic esters (lactones) is 1. The van der Waals surface area contributed by atoms with Crippen LogP contribution in [0.2, 0.25) is 0 Å². The molecule has 1 saturated carbocycles. The first-order valence-corrected chi connectivity index (χ1v) is 15.7. The van der Waals surface area contributed by atoms with Crippen LogP contribution in [0.4, 0.5) is 31.1 Å². The van der Waals surface area contributed by atoms with E-state index in [-0.39, 0.29) is 23.6 Å². The second-order valence-corrected chi connectivity index (χ2v) is 13.9. The number of alkyl halides is 6. The molecule has 2 atom stereocenters. The van der Waals surface area contributed by atoms with Crippen molar-refractivity contribution in [3.05, 3.63) is 69.8 Å². The number of rotatable bonds is 9. The molecule has 1 amide bonds. The fourth-order valence-electron chi connectivity index (χ4n) is 7.09. The Balaban J connectivity index is 1.48. The zero-order chi connectivity index (χ0) is 34.5. The van der Waals surface area contributed by atoms with Crippen molar-refractivity contribution in [2.24, 2.45) is 10.8 Å². The van der Waals surface area contributed by atoms with Crippen LogP contribution >= 0.6 is 0 Å². The zero-order valence-electron chi connectivity index (χ0n) is 26.7. The van der Waals surface area contributed by atoms with Gasteiger partial charge in [-0.05, 0) is 110 Å². The molecule has 2 aromatic carbocycles. The van der Waals surface area contributed by atoms with E-state index < -0.39 is 53.1 Å². The number of ether oxygens (including phenoxy) is 2. The van der Waals surface area contributed by atoms with Crippen LogP contribution < -0.4 is 9.84 Å². The molecule has 0 radical (unpaired) electrons. The van der Waals surface area contributed by atoms with E-state index in [0.717, 1.165) is 35.1 Å². The normalized spacial score (nSPS) is 22.6. The van der Waals surface area contributed by atoms with Crippen LogP contribution in [0.15, 0.2) is 42.0 Å². The smallest absolute Gasteiger partial charge is 0.416 e. The van der Waals surface area contributed by atoms with Crippen molar-refractivity contribution in [3.8, 4) is 5.75 Å². The number of carbonyl (C=O) groups is 2. The van der Waals surface area contributed by atoms with Crippen molar-refractivity contribution in [1.29, 1.82) is 0 Å². The molecular formula is C35H38F6NO5-. The number of allylic oxidation sites excluding steroid dienone is 1. The number of nitrogens with zero attached hydrogens (tertiary/aromatic N) is 1. The van der Waals surface area contributed by atoms with E-state index in [2.05, 4.69) is 13.8 Å². The summed E-state index contributed by atoms with van der Waals surface area (Å²) in [4.78, 5) is 26.4. The Morgan fingerprint density at radius 3 is 2.19 bits per heavy atom. The predicted molar refractivity (Wildman–Crippen MR) is 159 cm³/mol.